The third-order valence-corrected chi connectivity index (χ3v) is 2.09. The summed E-state index contributed by atoms with van der Waals surface area (Å²) in [5.41, 5.74) is -0.883. The van der Waals surface area contributed by atoms with Crippen molar-refractivity contribution in [2.45, 2.75) is 12.8 Å². The van der Waals surface area contributed by atoms with E-state index in [9.17, 15) is 22.8 Å². The minimum atomic E-state index is -1.30. The molecule has 0 heterocycles. The molecular formula is C11H10F3NO3. The first-order chi connectivity index (χ1) is 8.41. The molecule has 0 atom stereocenters. The highest BCUT2D eigenvalue weighted by Crippen LogP contribution is 2.14. The van der Waals surface area contributed by atoms with Gasteiger partial charge in [-0.05, 0) is 6.42 Å². The van der Waals surface area contributed by atoms with E-state index in [2.05, 4.69) is 5.32 Å². The lowest BCUT2D eigenvalue weighted by Gasteiger charge is -2.06. The van der Waals surface area contributed by atoms with E-state index in [4.69, 9.17) is 5.11 Å². The maximum absolute atomic E-state index is 13.2. The van der Waals surface area contributed by atoms with Gasteiger partial charge in [0.25, 0.3) is 5.91 Å². The number of carboxylic acid groups (broad SMARTS) is 1. The van der Waals surface area contributed by atoms with Crippen molar-refractivity contribution < 1.29 is 27.9 Å². The van der Waals surface area contributed by atoms with Crippen LogP contribution in [0, 0.1) is 17.5 Å². The molecule has 0 aliphatic heterocycles. The maximum Gasteiger partial charge on any atom is 0.303 e. The number of aliphatic carboxylic acids is 1. The van der Waals surface area contributed by atoms with Crippen LogP contribution in [-0.2, 0) is 4.79 Å². The number of carboxylic acids is 1. The number of halogens is 3. The number of benzene rings is 1. The topological polar surface area (TPSA) is 66.4 Å². The Labute approximate surface area is 100 Å². The van der Waals surface area contributed by atoms with Crippen molar-refractivity contribution in [1.82, 2.24) is 5.32 Å². The molecule has 7 heteroatoms. The van der Waals surface area contributed by atoms with Gasteiger partial charge in [0.1, 0.15) is 23.0 Å². The predicted molar refractivity (Wildman–Crippen MR) is 55.5 cm³/mol. The Bertz CT molecular complexity index is 454. The molecule has 0 aliphatic rings. The molecule has 18 heavy (non-hydrogen) atoms. The molecule has 0 aromatic heterocycles. The average molecular weight is 261 g/mol. The summed E-state index contributed by atoms with van der Waals surface area (Å²) in [6, 6.07) is 0.796. The molecule has 0 unspecified atom stereocenters. The highest BCUT2D eigenvalue weighted by Gasteiger charge is 2.18. The second kappa shape index (κ2) is 6.04. The second-order valence-corrected chi connectivity index (χ2v) is 3.50. The van der Waals surface area contributed by atoms with Crippen molar-refractivity contribution >= 4 is 11.9 Å². The van der Waals surface area contributed by atoms with Gasteiger partial charge in [0.2, 0.25) is 0 Å². The summed E-state index contributed by atoms with van der Waals surface area (Å²) < 4.78 is 38.9. The van der Waals surface area contributed by atoms with Gasteiger partial charge in [-0.25, -0.2) is 13.2 Å². The average Bonchev–Trinajstić information content (AvgIpc) is 2.22. The standard InChI is InChI=1S/C11H10F3NO3/c12-6-4-7(13)10(8(14)5-6)11(18)15-3-1-2-9(16)17/h4-5H,1-3H2,(H,15,18)(H,16,17). The summed E-state index contributed by atoms with van der Waals surface area (Å²) >= 11 is 0. The monoisotopic (exact) mass is 261 g/mol. The summed E-state index contributed by atoms with van der Waals surface area (Å²) in [4.78, 5) is 21.6. The summed E-state index contributed by atoms with van der Waals surface area (Å²) in [6.45, 7) is -0.0403. The van der Waals surface area contributed by atoms with Crippen molar-refractivity contribution in [3.8, 4) is 0 Å². The smallest absolute Gasteiger partial charge is 0.303 e. The summed E-state index contributed by atoms with van der Waals surface area (Å²) in [5, 5.41) is 10.5. The Hall–Kier alpha value is -2.05. The normalized spacial score (nSPS) is 10.2. The summed E-state index contributed by atoms with van der Waals surface area (Å²) in [5.74, 6) is -5.81. The third-order valence-electron chi connectivity index (χ3n) is 2.09. The molecule has 2 N–H and O–H groups in total. The van der Waals surface area contributed by atoms with E-state index in [1.54, 1.807) is 0 Å². The van der Waals surface area contributed by atoms with Gasteiger partial charge in [-0.3, -0.25) is 9.59 Å². The molecule has 98 valence electrons. The molecule has 0 saturated heterocycles. The van der Waals surface area contributed by atoms with Crippen molar-refractivity contribution in [3.63, 3.8) is 0 Å². The molecule has 0 aliphatic carbocycles. The number of carbonyl (C=O) groups is 2. The van der Waals surface area contributed by atoms with Crippen molar-refractivity contribution in [2.75, 3.05) is 6.54 Å². The molecule has 1 rings (SSSR count). The Morgan fingerprint density at radius 2 is 1.72 bits per heavy atom. The molecule has 1 amide bonds. The minimum absolute atomic E-state index is 0.0403. The van der Waals surface area contributed by atoms with Crippen molar-refractivity contribution in [3.05, 3.63) is 35.1 Å². The lowest BCUT2D eigenvalue weighted by Crippen LogP contribution is -2.27. The zero-order valence-electron chi connectivity index (χ0n) is 9.17. The van der Waals surface area contributed by atoms with Crippen LogP contribution in [0.1, 0.15) is 23.2 Å². The van der Waals surface area contributed by atoms with E-state index in [0.29, 0.717) is 12.1 Å². The third kappa shape index (κ3) is 3.76. The molecule has 0 fully saturated rings. The SMILES string of the molecule is O=C(O)CCCNC(=O)c1c(F)cc(F)cc1F. The zero-order valence-corrected chi connectivity index (χ0v) is 9.17. The van der Waals surface area contributed by atoms with Crippen LogP contribution in [0.5, 0.6) is 0 Å². The van der Waals surface area contributed by atoms with E-state index >= 15 is 0 Å². The van der Waals surface area contributed by atoms with E-state index in [1.165, 1.54) is 0 Å². The number of hydrogen-bond donors (Lipinski definition) is 2. The fourth-order valence-electron chi connectivity index (χ4n) is 1.29. The van der Waals surface area contributed by atoms with Gasteiger partial charge in [0, 0.05) is 25.1 Å². The first kappa shape index (κ1) is 14.0. The second-order valence-electron chi connectivity index (χ2n) is 3.50. The number of amides is 1. The van der Waals surface area contributed by atoms with Gasteiger partial charge >= 0.3 is 5.97 Å². The van der Waals surface area contributed by atoms with E-state index in [1.807, 2.05) is 0 Å². The van der Waals surface area contributed by atoms with Crippen LogP contribution in [0.25, 0.3) is 0 Å². The number of hydrogen-bond acceptors (Lipinski definition) is 2. The summed E-state index contributed by atoms with van der Waals surface area (Å²) in [7, 11) is 0. The Morgan fingerprint density at radius 3 is 2.22 bits per heavy atom. The van der Waals surface area contributed by atoms with Gasteiger partial charge < -0.3 is 10.4 Å². The Morgan fingerprint density at radius 1 is 1.17 bits per heavy atom. The molecule has 0 radical (unpaired) electrons. The molecule has 0 saturated carbocycles. The zero-order chi connectivity index (χ0) is 13.7. The first-order valence-corrected chi connectivity index (χ1v) is 5.06. The van der Waals surface area contributed by atoms with Crippen LogP contribution in [0.3, 0.4) is 0 Å². The quantitative estimate of drug-likeness (QED) is 0.793. The van der Waals surface area contributed by atoms with Crippen LogP contribution in [0.15, 0.2) is 12.1 Å². The van der Waals surface area contributed by atoms with Gasteiger partial charge in [-0.1, -0.05) is 0 Å². The fourth-order valence-corrected chi connectivity index (χ4v) is 1.29. The minimum Gasteiger partial charge on any atom is -0.481 e. The van der Waals surface area contributed by atoms with Crippen molar-refractivity contribution in [2.24, 2.45) is 0 Å². The van der Waals surface area contributed by atoms with Crippen LogP contribution in [-0.4, -0.2) is 23.5 Å². The van der Waals surface area contributed by atoms with Gasteiger partial charge in [0.15, 0.2) is 0 Å². The fraction of sp³-hybridized carbons (Fsp3) is 0.273. The Kier molecular flexibility index (Phi) is 4.70. The predicted octanol–water partition coefficient (Wildman–Crippen LogP) is 1.70. The number of rotatable bonds is 5. The highest BCUT2D eigenvalue weighted by molar-refractivity contribution is 5.94. The molecule has 1 aromatic carbocycles. The largest absolute Gasteiger partial charge is 0.481 e. The Balaban J connectivity index is 2.65. The molecular weight excluding hydrogens is 251 g/mol. The van der Waals surface area contributed by atoms with Gasteiger partial charge in [0.05, 0.1) is 0 Å². The van der Waals surface area contributed by atoms with Gasteiger partial charge in [-0.2, -0.15) is 0 Å². The molecule has 1 aromatic rings. The van der Waals surface area contributed by atoms with E-state index < -0.39 is 34.9 Å². The van der Waals surface area contributed by atoms with Crippen LogP contribution in [0.2, 0.25) is 0 Å². The lowest BCUT2D eigenvalue weighted by atomic mass is 10.1. The highest BCUT2D eigenvalue weighted by atomic mass is 19.1. The number of carbonyl (C=O) groups excluding carboxylic acids is 1. The summed E-state index contributed by atoms with van der Waals surface area (Å²) in [6.07, 6.45) is -0.0415. The van der Waals surface area contributed by atoms with Crippen LogP contribution < -0.4 is 5.32 Å². The van der Waals surface area contributed by atoms with Crippen LogP contribution >= 0.6 is 0 Å². The molecule has 0 spiro atoms. The van der Waals surface area contributed by atoms with E-state index in [0.717, 1.165) is 0 Å². The van der Waals surface area contributed by atoms with Crippen molar-refractivity contribution in [1.29, 1.82) is 0 Å². The molecule has 0 bridgehead atoms. The lowest BCUT2D eigenvalue weighted by molar-refractivity contribution is -0.137. The molecule has 4 nitrogen and oxygen atoms in total. The number of nitrogens with one attached hydrogen (secondary N) is 1. The van der Waals surface area contributed by atoms with Gasteiger partial charge in [-0.15, -0.1) is 0 Å². The van der Waals surface area contributed by atoms with E-state index in [-0.39, 0.29) is 19.4 Å². The maximum atomic E-state index is 13.2. The van der Waals surface area contributed by atoms with Crippen LogP contribution in [0.4, 0.5) is 13.2 Å². The first-order valence-electron chi connectivity index (χ1n) is 5.06.